The van der Waals surface area contributed by atoms with E-state index in [4.69, 9.17) is 9.47 Å². The van der Waals surface area contributed by atoms with Crippen LogP contribution in [0, 0.1) is 0 Å². The first-order chi connectivity index (χ1) is 15.4. The molecule has 0 saturated carbocycles. The van der Waals surface area contributed by atoms with E-state index < -0.39 is 12.5 Å². The lowest BCUT2D eigenvalue weighted by molar-refractivity contribution is -0.0501. The van der Waals surface area contributed by atoms with Crippen molar-refractivity contribution in [1.29, 1.82) is 0 Å². The molecule has 0 aliphatic rings. The summed E-state index contributed by atoms with van der Waals surface area (Å²) in [5, 5.41) is 5.33. The van der Waals surface area contributed by atoms with Crippen molar-refractivity contribution in [2.75, 3.05) is 24.9 Å². The van der Waals surface area contributed by atoms with Crippen molar-refractivity contribution in [3.8, 4) is 17.2 Å². The molecule has 3 rings (SSSR count). The van der Waals surface area contributed by atoms with Crippen molar-refractivity contribution < 1.29 is 32.6 Å². The number of methoxy groups -OCH3 is 2. The van der Waals surface area contributed by atoms with Crippen molar-refractivity contribution >= 4 is 23.2 Å². The normalized spacial score (nSPS) is 10.4. The number of ether oxygens (including phenoxy) is 3. The number of nitrogens with one attached hydrogen (secondary N) is 2. The van der Waals surface area contributed by atoms with E-state index in [0.717, 1.165) is 0 Å². The molecule has 0 aliphatic heterocycles. The van der Waals surface area contributed by atoms with Gasteiger partial charge >= 0.3 is 6.61 Å². The summed E-state index contributed by atoms with van der Waals surface area (Å²) in [6.07, 6.45) is 0. The number of amides is 2. The smallest absolute Gasteiger partial charge is 0.387 e. The second kappa shape index (κ2) is 10.3. The van der Waals surface area contributed by atoms with Gasteiger partial charge < -0.3 is 24.8 Å². The minimum atomic E-state index is -3.08. The molecule has 0 radical (unpaired) electrons. The van der Waals surface area contributed by atoms with E-state index in [0.29, 0.717) is 11.3 Å². The number of carbonyl (C=O) groups is 2. The van der Waals surface area contributed by atoms with Gasteiger partial charge in [-0.3, -0.25) is 9.59 Å². The van der Waals surface area contributed by atoms with Gasteiger partial charge in [-0.15, -0.1) is 0 Å². The van der Waals surface area contributed by atoms with Crippen LogP contribution >= 0.6 is 0 Å². The van der Waals surface area contributed by atoms with E-state index >= 15 is 0 Å². The second-order valence-electron chi connectivity index (χ2n) is 6.40. The summed E-state index contributed by atoms with van der Waals surface area (Å²) in [6.45, 7) is -3.08. The molecular formula is C23H20F2N2O5. The van der Waals surface area contributed by atoms with Crippen molar-refractivity contribution in [1.82, 2.24) is 0 Å². The molecule has 7 nitrogen and oxygen atoms in total. The Morgan fingerprint density at radius 3 is 1.84 bits per heavy atom. The summed E-state index contributed by atoms with van der Waals surface area (Å²) in [4.78, 5) is 25.2. The molecule has 9 heteroatoms. The highest BCUT2D eigenvalue weighted by Crippen LogP contribution is 2.37. The van der Waals surface area contributed by atoms with Crippen LogP contribution in [-0.2, 0) is 0 Å². The van der Waals surface area contributed by atoms with Gasteiger partial charge in [0.25, 0.3) is 11.8 Å². The molecule has 2 amide bonds. The van der Waals surface area contributed by atoms with Crippen LogP contribution in [0.4, 0.5) is 20.2 Å². The molecule has 0 aromatic heterocycles. The Morgan fingerprint density at radius 1 is 0.750 bits per heavy atom. The van der Waals surface area contributed by atoms with E-state index in [1.807, 2.05) is 0 Å². The van der Waals surface area contributed by atoms with Crippen LogP contribution in [0.15, 0.2) is 66.7 Å². The lowest BCUT2D eigenvalue weighted by Gasteiger charge is -2.17. The Kier molecular flexibility index (Phi) is 7.22. The molecule has 0 unspecified atom stereocenters. The fourth-order valence-corrected chi connectivity index (χ4v) is 2.92. The molecule has 0 fully saturated rings. The largest absolute Gasteiger partial charge is 0.494 e. The quantitative estimate of drug-likeness (QED) is 0.523. The Morgan fingerprint density at radius 2 is 1.28 bits per heavy atom. The fraction of sp³-hybridized carbons (Fsp3) is 0.130. The highest BCUT2D eigenvalue weighted by atomic mass is 19.3. The van der Waals surface area contributed by atoms with Gasteiger partial charge in [0.05, 0.1) is 31.2 Å². The molecule has 0 heterocycles. The van der Waals surface area contributed by atoms with Crippen LogP contribution < -0.4 is 24.8 Å². The first kappa shape index (κ1) is 22.5. The third kappa shape index (κ3) is 5.31. The Bertz CT molecular complexity index is 1110. The third-order valence-corrected chi connectivity index (χ3v) is 4.40. The number of carbonyl (C=O) groups excluding carboxylic acids is 2. The molecule has 0 saturated heterocycles. The number of hydrogen-bond donors (Lipinski definition) is 2. The zero-order chi connectivity index (χ0) is 23.1. The summed E-state index contributed by atoms with van der Waals surface area (Å²) in [7, 11) is 2.78. The summed E-state index contributed by atoms with van der Waals surface area (Å²) < 4.78 is 40.4. The predicted octanol–water partition coefficient (Wildman–Crippen LogP) is 4.81. The summed E-state index contributed by atoms with van der Waals surface area (Å²) in [5.41, 5.74) is 0.883. The van der Waals surface area contributed by atoms with Crippen LogP contribution in [-0.4, -0.2) is 32.6 Å². The van der Waals surface area contributed by atoms with Crippen molar-refractivity contribution in [3.05, 3.63) is 77.9 Å². The molecular weight excluding hydrogens is 422 g/mol. The maximum Gasteiger partial charge on any atom is 0.387 e. The maximum absolute atomic E-state index is 12.7. The van der Waals surface area contributed by atoms with Crippen molar-refractivity contribution in [2.45, 2.75) is 6.61 Å². The molecule has 3 aromatic carbocycles. The average molecular weight is 442 g/mol. The molecule has 2 N–H and O–H groups in total. The van der Waals surface area contributed by atoms with Gasteiger partial charge in [0.1, 0.15) is 17.2 Å². The average Bonchev–Trinajstić information content (AvgIpc) is 2.80. The highest BCUT2D eigenvalue weighted by Gasteiger charge is 2.19. The van der Waals surface area contributed by atoms with Crippen LogP contribution in [0.1, 0.15) is 20.7 Å². The third-order valence-electron chi connectivity index (χ3n) is 4.40. The Balaban J connectivity index is 1.88. The number of halogens is 2. The van der Waals surface area contributed by atoms with E-state index in [1.165, 1.54) is 50.6 Å². The van der Waals surface area contributed by atoms with Gasteiger partial charge in [0.15, 0.2) is 0 Å². The van der Waals surface area contributed by atoms with E-state index in [2.05, 4.69) is 15.4 Å². The molecule has 0 atom stereocenters. The van der Waals surface area contributed by atoms with Crippen molar-refractivity contribution in [3.63, 3.8) is 0 Å². The fourth-order valence-electron chi connectivity index (χ4n) is 2.92. The first-order valence-corrected chi connectivity index (χ1v) is 9.40. The van der Waals surface area contributed by atoms with Crippen LogP contribution in [0.2, 0.25) is 0 Å². The van der Waals surface area contributed by atoms with Gasteiger partial charge in [0, 0.05) is 17.7 Å². The summed E-state index contributed by atoms with van der Waals surface area (Å²) >= 11 is 0. The van der Waals surface area contributed by atoms with Gasteiger partial charge in [-0.2, -0.15) is 8.78 Å². The van der Waals surface area contributed by atoms with Gasteiger partial charge in [-0.05, 0) is 24.3 Å². The Hall–Kier alpha value is -4.14. The number of hydrogen-bond acceptors (Lipinski definition) is 5. The summed E-state index contributed by atoms with van der Waals surface area (Å²) in [5.74, 6) is -0.849. The molecule has 166 valence electrons. The number of anilines is 2. The van der Waals surface area contributed by atoms with Gasteiger partial charge in [-0.1, -0.05) is 30.3 Å². The van der Waals surface area contributed by atoms with Crippen LogP contribution in [0.5, 0.6) is 17.2 Å². The predicted molar refractivity (Wildman–Crippen MR) is 115 cm³/mol. The minimum absolute atomic E-state index is 0.0877. The standard InChI is InChI=1S/C23H20F2N2O5/c1-30-19-13-17(27-22(29)15-10-6-7-11-18(15)32-23(24)25)20(31-2)12-16(19)26-21(28)14-8-4-3-5-9-14/h3-13,23H,1-2H3,(H,26,28)(H,27,29). The van der Waals surface area contributed by atoms with E-state index in [1.54, 1.807) is 30.3 Å². The lowest BCUT2D eigenvalue weighted by atomic mass is 10.1. The summed E-state index contributed by atoms with van der Waals surface area (Å²) in [6, 6.07) is 17.1. The highest BCUT2D eigenvalue weighted by molar-refractivity contribution is 6.08. The monoisotopic (exact) mass is 442 g/mol. The zero-order valence-electron chi connectivity index (χ0n) is 17.2. The topological polar surface area (TPSA) is 85.9 Å². The number of para-hydroxylation sites is 1. The SMILES string of the molecule is COc1cc(NC(=O)c2ccccc2OC(F)F)c(OC)cc1NC(=O)c1ccccc1. The number of rotatable bonds is 8. The van der Waals surface area contributed by atoms with Gasteiger partial charge in [-0.25, -0.2) is 0 Å². The number of alkyl halides is 2. The van der Waals surface area contributed by atoms with E-state index in [9.17, 15) is 18.4 Å². The maximum atomic E-state index is 12.7. The first-order valence-electron chi connectivity index (χ1n) is 9.40. The second-order valence-corrected chi connectivity index (χ2v) is 6.40. The molecule has 3 aromatic rings. The van der Waals surface area contributed by atoms with Gasteiger partial charge in [0.2, 0.25) is 0 Å². The lowest BCUT2D eigenvalue weighted by Crippen LogP contribution is -2.16. The molecule has 0 aliphatic carbocycles. The zero-order valence-corrected chi connectivity index (χ0v) is 17.2. The van der Waals surface area contributed by atoms with Crippen LogP contribution in [0.3, 0.4) is 0 Å². The Labute approximate surface area is 182 Å². The number of benzene rings is 3. The molecule has 0 bridgehead atoms. The van der Waals surface area contributed by atoms with Crippen LogP contribution in [0.25, 0.3) is 0 Å². The molecule has 32 heavy (non-hydrogen) atoms. The van der Waals surface area contributed by atoms with Crippen molar-refractivity contribution in [2.24, 2.45) is 0 Å². The molecule has 0 spiro atoms. The minimum Gasteiger partial charge on any atom is -0.494 e. The van der Waals surface area contributed by atoms with E-state index in [-0.39, 0.29) is 34.4 Å².